The van der Waals surface area contributed by atoms with E-state index in [4.69, 9.17) is 9.72 Å². The van der Waals surface area contributed by atoms with Crippen molar-refractivity contribution in [2.75, 3.05) is 13.1 Å². The van der Waals surface area contributed by atoms with Crippen LogP contribution in [0.15, 0.2) is 37.1 Å². The molecule has 0 bridgehead atoms. The Kier molecular flexibility index (Phi) is 7.50. The molecule has 1 saturated heterocycles. The lowest BCUT2D eigenvalue weighted by Gasteiger charge is -2.30. The first-order chi connectivity index (χ1) is 18.1. The number of H-pyrrole nitrogens is 1. The van der Waals surface area contributed by atoms with Gasteiger partial charge in [0.05, 0.1) is 23.6 Å². The van der Waals surface area contributed by atoms with Crippen LogP contribution in [0.1, 0.15) is 65.1 Å². The van der Waals surface area contributed by atoms with Crippen LogP contribution in [0.2, 0.25) is 0 Å². The van der Waals surface area contributed by atoms with E-state index >= 15 is 0 Å². The van der Waals surface area contributed by atoms with Crippen molar-refractivity contribution in [2.24, 2.45) is 0 Å². The Hall–Kier alpha value is -2.92. The number of rotatable bonds is 9. The second kappa shape index (κ2) is 10.7. The average Bonchev–Trinajstić information content (AvgIpc) is 3.56. The standard InChI is InChI=1S/C28H39N7O3/c1-17(2)34(11-7-6-8-23-32-19-10-9-18(28(3,4)5)12-20(19)33-23)14-22-24(36)25(37)27(38-22)35-16-31-21-13-29-15-30-26(21)35/h9-10,12-13,15-17,22,24-25,27,36-37H,6-8,11,14H2,1-5H3,(H,32,33)/t22-,24-,25?,27-/m1/s1. The summed E-state index contributed by atoms with van der Waals surface area (Å²) < 4.78 is 7.84. The largest absolute Gasteiger partial charge is 0.387 e. The maximum Gasteiger partial charge on any atom is 0.165 e. The van der Waals surface area contributed by atoms with Crippen LogP contribution in [0.4, 0.5) is 0 Å². The number of hydrogen-bond acceptors (Lipinski definition) is 8. The molecule has 1 unspecified atom stereocenters. The zero-order valence-corrected chi connectivity index (χ0v) is 22.9. The van der Waals surface area contributed by atoms with Gasteiger partial charge in [0.25, 0.3) is 0 Å². The average molecular weight is 522 g/mol. The van der Waals surface area contributed by atoms with Crippen LogP contribution in [0.3, 0.4) is 0 Å². The monoisotopic (exact) mass is 521 g/mol. The molecule has 4 atom stereocenters. The molecule has 38 heavy (non-hydrogen) atoms. The van der Waals surface area contributed by atoms with Crippen LogP contribution in [-0.4, -0.2) is 82.0 Å². The van der Waals surface area contributed by atoms with Crippen molar-refractivity contribution in [1.29, 1.82) is 0 Å². The quantitative estimate of drug-likeness (QED) is 0.286. The van der Waals surface area contributed by atoms with Crippen LogP contribution in [0.25, 0.3) is 22.2 Å². The Balaban J connectivity index is 1.17. The number of aryl methyl sites for hydroxylation is 1. The summed E-state index contributed by atoms with van der Waals surface area (Å²) in [6, 6.07) is 6.74. The summed E-state index contributed by atoms with van der Waals surface area (Å²) in [5.74, 6) is 1.01. The SMILES string of the molecule is CC(C)N(CCCCc1nc2ccc(C(C)(C)C)cc2[nH]1)C[C@H]1O[C@@H](n2cnc3cncnc32)C(O)[C@@H]1O. The van der Waals surface area contributed by atoms with E-state index in [-0.39, 0.29) is 11.5 Å². The van der Waals surface area contributed by atoms with E-state index in [0.717, 1.165) is 42.7 Å². The first-order valence-electron chi connectivity index (χ1n) is 13.5. The smallest absolute Gasteiger partial charge is 0.165 e. The van der Waals surface area contributed by atoms with E-state index in [2.05, 4.69) is 77.7 Å². The van der Waals surface area contributed by atoms with Gasteiger partial charge >= 0.3 is 0 Å². The van der Waals surface area contributed by atoms with Crippen molar-refractivity contribution >= 4 is 22.2 Å². The number of benzene rings is 1. The summed E-state index contributed by atoms with van der Waals surface area (Å²) in [5, 5.41) is 21.6. The fourth-order valence-electron chi connectivity index (χ4n) is 5.13. The third kappa shape index (κ3) is 5.44. The van der Waals surface area contributed by atoms with Gasteiger partial charge < -0.3 is 19.9 Å². The molecule has 4 aromatic rings. The van der Waals surface area contributed by atoms with Crippen molar-refractivity contribution in [3.63, 3.8) is 0 Å². The lowest BCUT2D eigenvalue weighted by Crippen LogP contribution is -2.43. The Morgan fingerprint density at radius 3 is 2.68 bits per heavy atom. The van der Waals surface area contributed by atoms with Gasteiger partial charge in [-0.3, -0.25) is 9.47 Å². The minimum Gasteiger partial charge on any atom is -0.387 e. The minimum absolute atomic E-state index is 0.105. The van der Waals surface area contributed by atoms with E-state index in [0.29, 0.717) is 17.7 Å². The highest BCUT2D eigenvalue weighted by molar-refractivity contribution is 5.76. The highest BCUT2D eigenvalue weighted by Gasteiger charge is 2.44. The predicted molar refractivity (Wildman–Crippen MR) is 146 cm³/mol. The molecule has 1 aliphatic rings. The van der Waals surface area contributed by atoms with Crippen LogP contribution in [-0.2, 0) is 16.6 Å². The van der Waals surface area contributed by atoms with Gasteiger partial charge in [-0.05, 0) is 56.3 Å². The summed E-state index contributed by atoms with van der Waals surface area (Å²) in [5.41, 5.74) is 4.68. The molecule has 3 aromatic heterocycles. The van der Waals surface area contributed by atoms with E-state index in [9.17, 15) is 10.2 Å². The molecule has 1 aliphatic heterocycles. The normalized spacial score (nSPS) is 22.4. The third-order valence-electron chi connectivity index (χ3n) is 7.50. The van der Waals surface area contributed by atoms with Crippen LogP contribution in [0.5, 0.6) is 0 Å². The summed E-state index contributed by atoms with van der Waals surface area (Å²) in [4.78, 5) is 23.1. The number of unbranched alkanes of at least 4 members (excludes halogenated alkanes) is 1. The fraction of sp³-hybridized carbons (Fsp3) is 0.571. The highest BCUT2D eigenvalue weighted by Crippen LogP contribution is 2.32. The van der Waals surface area contributed by atoms with Gasteiger partial charge in [-0.15, -0.1) is 0 Å². The van der Waals surface area contributed by atoms with Gasteiger partial charge in [0.1, 0.15) is 36.0 Å². The van der Waals surface area contributed by atoms with E-state index < -0.39 is 24.5 Å². The van der Waals surface area contributed by atoms with Crippen molar-refractivity contribution < 1.29 is 14.9 Å². The maximum absolute atomic E-state index is 10.8. The predicted octanol–water partition coefficient (Wildman–Crippen LogP) is 3.35. The van der Waals surface area contributed by atoms with Gasteiger partial charge in [-0.2, -0.15) is 0 Å². The Morgan fingerprint density at radius 2 is 1.92 bits per heavy atom. The number of fused-ring (bicyclic) bond motifs is 2. The van der Waals surface area contributed by atoms with Gasteiger partial charge in [-0.25, -0.2) is 19.9 Å². The maximum atomic E-state index is 10.8. The van der Waals surface area contributed by atoms with E-state index in [1.165, 1.54) is 11.9 Å². The van der Waals surface area contributed by atoms with Crippen molar-refractivity contribution in [3.8, 4) is 0 Å². The fourth-order valence-corrected chi connectivity index (χ4v) is 5.13. The van der Waals surface area contributed by atoms with Crippen molar-refractivity contribution in [2.45, 2.75) is 89.9 Å². The van der Waals surface area contributed by atoms with E-state index in [1.54, 1.807) is 17.1 Å². The highest BCUT2D eigenvalue weighted by atomic mass is 16.6. The summed E-state index contributed by atoms with van der Waals surface area (Å²) >= 11 is 0. The van der Waals surface area contributed by atoms with Crippen LogP contribution >= 0.6 is 0 Å². The second-order valence-corrected chi connectivity index (χ2v) is 11.6. The molecule has 0 amide bonds. The molecule has 1 aromatic carbocycles. The summed E-state index contributed by atoms with van der Waals surface area (Å²) in [6.45, 7) is 12.3. The summed E-state index contributed by atoms with van der Waals surface area (Å²) in [7, 11) is 0. The Labute approximate surface area is 223 Å². The number of aliphatic hydroxyl groups excluding tert-OH is 2. The number of imidazole rings is 2. The molecule has 204 valence electrons. The zero-order chi connectivity index (χ0) is 27.0. The number of aliphatic hydroxyl groups is 2. The second-order valence-electron chi connectivity index (χ2n) is 11.6. The molecule has 10 nitrogen and oxygen atoms in total. The molecule has 0 saturated carbocycles. The lowest BCUT2D eigenvalue weighted by atomic mass is 9.87. The van der Waals surface area contributed by atoms with E-state index in [1.807, 2.05) is 0 Å². The molecule has 0 spiro atoms. The molecular formula is C28H39N7O3. The molecule has 5 rings (SSSR count). The third-order valence-corrected chi connectivity index (χ3v) is 7.50. The van der Waals surface area contributed by atoms with Gasteiger partial charge in [-0.1, -0.05) is 26.8 Å². The molecule has 4 heterocycles. The lowest BCUT2D eigenvalue weighted by molar-refractivity contribution is -0.0469. The number of hydrogen-bond donors (Lipinski definition) is 3. The molecule has 10 heteroatoms. The molecule has 0 radical (unpaired) electrons. The minimum atomic E-state index is -1.08. The number of aromatic nitrogens is 6. The van der Waals surface area contributed by atoms with Crippen LogP contribution in [0, 0.1) is 0 Å². The van der Waals surface area contributed by atoms with Gasteiger partial charge in [0.15, 0.2) is 11.9 Å². The number of ether oxygens (including phenoxy) is 1. The molecule has 1 fully saturated rings. The van der Waals surface area contributed by atoms with Crippen molar-refractivity contribution in [3.05, 3.63) is 48.4 Å². The first kappa shape index (κ1) is 26.7. The van der Waals surface area contributed by atoms with Crippen LogP contribution < -0.4 is 0 Å². The van der Waals surface area contributed by atoms with Gasteiger partial charge in [0, 0.05) is 19.0 Å². The van der Waals surface area contributed by atoms with Crippen molar-refractivity contribution in [1.82, 2.24) is 34.4 Å². The number of nitrogens with zero attached hydrogens (tertiary/aromatic N) is 6. The Bertz CT molecular complexity index is 1380. The molecular weight excluding hydrogens is 482 g/mol. The molecule has 0 aliphatic carbocycles. The topological polar surface area (TPSA) is 125 Å². The molecule has 3 N–H and O–H groups in total. The van der Waals surface area contributed by atoms with Gasteiger partial charge in [0.2, 0.25) is 0 Å². The first-order valence-corrected chi connectivity index (χ1v) is 13.5. The summed E-state index contributed by atoms with van der Waals surface area (Å²) in [6.07, 6.45) is 4.13. The number of aromatic amines is 1. The number of nitrogens with one attached hydrogen (secondary N) is 1. The zero-order valence-electron chi connectivity index (χ0n) is 22.9. The Morgan fingerprint density at radius 1 is 1.11 bits per heavy atom.